The van der Waals surface area contributed by atoms with Crippen LogP contribution >= 0.6 is 11.6 Å². The third kappa shape index (κ3) is 3.10. The third-order valence-electron chi connectivity index (χ3n) is 3.88. The van der Waals surface area contributed by atoms with Crippen LogP contribution in [0.1, 0.15) is 32.3 Å². The number of likely N-dealkylation sites (tertiary alicyclic amines) is 1. The molecule has 0 radical (unpaired) electrons. The molecule has 1 aliphatic rings. The molecule has 1 fully saturated rings. The van der Waals surface area contributed by atoms with Crippen molar-refractivity contribution < 1.29 is 9.90 Å². The van der Waals surface area contributed by atoms with E-state index >= 15 is 0 Å². The summed E-state index contributed by atoms with van der Waals surface area (Å²) in [5.41, 5.74) is 1.05. The van der Waals surface area contributed by atoms with Crippen molar-refractivity contribution >= 4 is 17.6 Å². The van der Waals surface area contributed by atoms with Crippen molar-refractivity contribution in [3.8, 4) is 0 Å². The fourth-order valence-corrected chi connectivity index (χ4v) is 2.78. The van der Waals surface area contributed by atoms with E-state index in [2.05, 4.69) is 25.7 Å². The zero-order valence-corrected chi connectivity index (χ0v) is 12.3. The minimum Gasteiger partial charge on any atom is -0.481 e. The van der Waals surface area contributed by atoms with Crippen LogP contribution in [0.2, 0.25) is 5.02 Å². The van der Waals surface area contributed by atoms with Gasteiger partial charge in [-0.15, -0.1) is 0 Å². The summed E-state index contributed by atoms with van der Waals surface area (Å²) in [7, 11) is 0. The molecule has 0 bridgehead atoms. The maximum Gasteiger partial charge on any atom is 0.308 e. The first kappa shape index (κ1) is 14.4. The Morgan fingerprint density at radius 2 is 1.84 bits per heavy atom. The summed E-state index contributed by atoms with van der Waals surface area (Å²) in [4.78, 5) is 13.7. The first-order chi connectivity index (χ1) is 8.79. The molecule has 0 amide bonds. The molecule has 0 aliphatic carbocycles. The van der Waals surface area contributed by atoms with E-state index in [1.54, 1.807) is 0 Å². The van der Waals surface area contributed by atoms with Gasteiger partial charge in [-0.3, -0.25) is 9.69 Å². The van der Waals surface area contributed by atoms with E-state index in [1.807, 2.05) is 24.3 Å². The molecular formula is C15H20ClNO2. The van der Waals surface area contributed by atoms with Gasteiger partial charge in [0.1, 0.15) is 0 Å². The van der Waals surface area contributed by atoms with Gasteiger partial charge in [0, 0.05) is 29.6 Å². The van der Waals surface area contributed by atoms with Gasteiger partial charge in [0.2, 0.25) is 0 Å². The van der Waals surface area contributed by atoms with Crippen molar-refractivity contribution in [2.24, 2.45) is 5.92 Å². The van der Waals surface area contributed by atoms with Gasteiger partial charge in [-0.1, -0.05) is 23.7 Å². The lowest BCUT2D eigenvalue weighted by Gasteiger charge is -2.31. The van der Waals surface area contributed by atoms with Crippen LogP contribution in [0.5, 0.6) is 0 Å². The van der Waals surface area contributed by atoms with Crippen LogP contribution in [0, 0.1) is 5.92 Å². The number of nitrogens with zero attached hydrogens (tertiary/aromatic N) is 1. The lowest BCUT2D eigenvalue weighted by molar-refractivity contribution is -0.141. The minimum absolute atomic E-state index is 0.00508. The summed E-state index contributed by atoms with van der Waals surface area (Å²) < 4.78 is 0. The topological polar surface area (TPSA) is 40.5 Å². The van der Waals surface area contributed by atoms with Crippen molar-refractivity contribution in [3.63, 3.8) is 0 Å². The quantitative estimate of drug-likeness (QED) is 0.905. The first-order valence-electron chi connectivity index (χ1n) is 6.52. The highest BCUT2D eigenvalue weighted by atomic mass is 35.5. The molecule has 1 saturated heterocycles. The highest BCUT2D eigenvalue weighted by molar-refractivity contribution is 6.30. The molecule has 1 N–H and O–H groups in total. The van der Waals surface area contributed by atoms with Gasteiger partial charge >= 0.3 is 5.97 Å². The van der Waals surface area contributed by atoms with Crippen molar-refractivity contribution in [1.29, 1.82) is 0 Å². The Morgan fingerprint density at radius 1 is 1.26 bits per heavy atom. The van der Waals surface area contributed by atoms with Crippen LogP contribution in [0.3, 0.4) is 0 Å². The maximum absolute atomic E-state index is 11.5. The summed E-state index contributed by atoms with van der Waals surface area (Å²) in [5, 5.41) is 10.1. The molecule has 19 heavy (non-hydrogen) atoms. The molecule has 1 aromatic carbocycles. The number of aliphatic carboxylic acids is 1. The molecule has 3 nitrogen and oxygen atoms in total. The van der Waals surface area contributed by atoms with Crippen LogP contribution in [0.4, 0.5) is 0 Å². The van der Waals surface area contributed by atoms with E-state index in [0.717, 1.165) is 12.1 Å². The maximum atomic E-state index is 11.5. The Morgan fingerprint density at radius 3 is 2.32 bits per heavy atom. The normalized spacial score (nSPS) is 24.6. The van der Waals surface area contributed by atoms with Gasteiger partial charge in [0.05, 0.1) is 5.92 Å². The number of halogens is 1. The van der Waals surface area contributed by atoms with Gasteiger partial charge in [0.25, 0.3) is 0 Å². The molecular weight excluding hydrogens is 262 g/mol. The molecule has 4 heteroatoms. The Bertz CT molecular complexity index is 464. The monoisotopic (exact) mass is 281 g/mol. The second kappa shape index (κ2) is 5.14. The van der Waals surface area contributed by atoms with Crippen molar-refractivity contribution in [1.82, 2.24) is 4.90 Å². The highest BCUT2D eigenvalue weighted by Crippen LogP contribution is 2.36. The molecule has 0 aromatic heterocycles. The number of carboxylic acids is 1. The Hall–Kier alpha value is -1.06. The molecule has 1 aliphatic heterocycles. The second-order valence-corrected chi connectivity index (χ2v) is 6.62. The Kier molecular flexibility index (Phi) is 3.88. The molecule has 2 rings (SSSR count). The number of carboxylic acid groups (broad SMARTS) is 1. The number of hydrogen-bond donors (Lipinski definition) is 1. The van der Waals surface area contributed by atoms with E-state index < -0.39 is 5.97 Å². The summed E-state index contributed by atoms with van der Waals surface area (Å²) in [6.07, 6.45) is 0. The zero-order chi connectivity index (χ0) is 14.2. The van der Waals surface area contributed by atoms with Crippen LogP contribution in [-0.2, 0) is 4.79 Å². The molecule has 0 unspecified atom stereocenters. The number of hydrogen-bond acceptors (Lipinski definition) is 2. The van der Waals surface area contributed by atoms with Gasteiger partial charge < -0.3 is 5.11 Å². The van der Waals surface area contributed by atoms with E-state index in [9.17, 15) is 9.90 Å². The lowest BCUT2D eigenvalue weighted by atomic mass is 9.89. The van der Waals surface area contributed by atoms with Gasteiger partial charge in [0.15, 0.2) is 0 Å². The molecule has 2 atom stereocenters. The second-order valence-electron chi connectivity index (χ2n) is 6.18. The van der Waals surface area contributed by atoms with Crippen molar-refractivity contribution in [2.75, 3.05) is 13.1 Å². The van der Waals surface area contributed by atoms with Crippen LogP contribution in [-0.4, -0.2) is 34.6 Å². The Balaban J connectivity index is 2.27. The molecule has 1 aromatic rings. The number of rotatable bonds is 2. The average molecular weight is 282 g/mol. The van der Waals surface area contributed by atoms with E-state index in [4.69, 9.17) is 11.6 Å². The largest absolute Gasteiger partial charge is 0.481 e. The van der Waals surface area contributed by atoms with Crippen LogP contribution in [0.25, 0.3) is 0 Å². The third-order valence-corrected chi connectivity index (χ3v) is 4.14. The van der Waals surface area contributed by atoms with Gasteiger partial charge in [-0.05, 0) is 38.5 Å². The summed E-state index contributed by atoms with van der Waals surface area (Å²) >= 11 is 5.89. The molecule has 1 heterocycles. The van der Waals surface area contributed by atoms with Crippen molar-refractivity contribution in [3.05, 3.63) is 34.9 Å². The zero-order valence-electron chi connectivity index (χ0n) is 11.6. The fourth-order valence-electron chi connectivity index (χ4n) is 2.65. The molecule has 104 valence electrons. The minimum atomic E-state index is -0.716. The van der Waals surface area contributed by atoms with Crippen LogP contribution < -0.4 is 0 Å². The van der Waals surface area contributed by atoms with E-state index in [1.165, 1.54) is 0 Å². The average Bonchev–Trinajstić information content (AvgIpc) is 2.74. The molecule has 0 spiro atoms. The van der Waals surface area contributed by atoms with Gasteiger partial charge in [-0.25, -0.2) is 0 Å². The van der Waals surface area contributed by atoms with Crippen molar-refractivity contribution in [2.45, 2.75) is 32.2 Å². The first-order valence-corrected chi connectivity index (χ1v) is 6.90. The summed E-state index contributed by atoms with van der Waals surface area (Å²) in [6.45, 7) is 7.75. The van der Waals surface area contributed by atoms with E-state index in [0.29, 0.717) is 11.6 Å². The van der Waals surface area contributed by atoms with Gasteiger partial charge in [-0.2, -0.15) is 0 Å². The predicted molar refractivity (Wildman–Crippen MR) is 76.6 cm³/mol. The summed E-state index contributed by atoms with van der Waals surface area (Å²) in [5.74, 6) is -1.03. The van der Waals surface area contributed by atoms with Crippen LogP contribution in [0.15, 0.2) is 24.3 Å². The predicted octanol–water partition coefficient (Wildman–Crippen LogP) is 3.24. The SMILES string of the molecule is CC(C)(C)N1C[C@H](C(=O)O)[C@H](c2ccc(Cl)cc2)C1. The lowest BCUT2D eigenvalue weighted by Crippen LogP contribution is -2.40. The van der Waals surface area contributed by atoms with E-state index in [-0.39, 0.29) is 17.4 Å². The highest BCUT2D eigenvalue weighted by Gasteiger charge is 2.41. The summed E-state index contributed by atoms with van der Waals surface area (Å²) in [6, 6.07) is 7.54. The fraction of sp³-hybridized carbons (Fsp3) is 0.533. The Labute approximate surface area is 119 Å². The standard InChI is InChI=1S/C15H20ClNO2/c1-15(2,3)17-8-12(13(9-17)14(18)19)10-4-6-11(16)7-5-10/h4-7,12-13H,8-9H2,1-3H3,(H,18,19)/t12-,13-/m0/s1. The molecule has 0 saturated carbocycles. The number of carbonyl (C=O) groups is 1. The number of benzene rings is 1. The smallest absolute Gasteiger partial charge is 0.308 e.